The second kappa shape index (κ2) is 8.63. The third-order valence-corrected chi connectivity index (χ3v) is 5.34. The number of carboxylic acid groups (broad SMARTS) is 1. The molecule has 1 heterocycles. The molecule has 0 radical (unpaired) electrons. The molecule has 0 aliphatic carbocycles. The zero-order valence-electron chi connectivity index (χ0n) is 15.5. The van der Waals surface area contributed by atoms with Gasteiger partial charge in [0.25, 0.3) is 0 Å². The molecule has 1 aliphatic rings. The van der Waals surface area contributed by atoms with Crippen molar-refractivity contribution in [2.75, 3.05) is 20.8 Å². The van der Waals surface area contributed by atoms with Gasteiger partial charge in [0.15, 0.2) is 0 Å². The maximum atomic E-state index is 12.0. The molecule has 0 saturated carbocycles. The molecule has 1 N–H and O–H groups in total. The summed E-state index contributed by atoms with van der Waals surface area (Å²) in [6.07, 6.45) is 2.48. The highest BCUT2D eigenvalue weighted by Gasteiger charge is 2.37. The van der Waals surface area contributed by atoms with E-state index in [0.29, 0.717) is 29.5 Å². The second-order valence-corrected chi connectivity index (χ2v) is 7.05. The van der Waals surface area contributed by atoms with Gasteiger partial charge in [-0.15, -0.1) is 0 Å². The zero-order valence-corrected chi connectivity index (χ0v) is 16.3. The number of hydrogen-bond donors (Lipinski definition) is 1. The topological polar surface area (TPSA) is 59.0 Å². The van der Waals surface area contributed by atoms with Gasteiger partial charge in [-0.3, -0.25) is 9.69 Å². The number of methoxy groups -OCH3 is 2. The van der Waals surface area contributed by atoms with E-state index in [0.717, 1.165) is 24.0 Å². The number of benzene rings is 2. The lowest BCUT2D eigenvalue weighted by atomic mass is 9.90. The fourth-order valence-corrected chi connectivity index (χ4v) is 3.97. The fourth-order valence-electron chi connectivity index (χ4n) is 3.85. The number of ether oxygens (including phenoxy) is 2. The summed E-state index contributed by atoms with van der Waals surface area (Å²) in [4.78, 5) is 14.0. The number of aliphatic carboxylic acids is 1. The first kappa shape index (κ1) is 19.5. The van der Waals surface area contributed by atoms with Gasteiger partial charge in [-0.25, -0.2) is 0 Å². The summed E-state index contributed by atoms with van der Waals surface area (Å²) in [6.45, 7) is 0.686. The van der Waals surface area contributed by atoms with Gasteiger partial charge in [-0.1, -0.05) is 36.2 Å². The minimum Gasteiger partial charge on any atom is -0.496 e. The van der Waals surface area contributed by atoms with Crippen LogP contribution in [-0.4, -0.2) is 42.8 Å². The molecule has 2 aromatic rings. The van der Waals surface area contributed by atoms with Crippen LogP contribution in [0.25, 0.3) is 0 Å². The van der Waals surface area contributed by atoms with Gasteiger partial charge in [-0.2, -0.15) is 0 Å². The minimum atomic E-state index is -0.803. The van der Waals surface area contributed by atoms with Crippen LogP contribution in [0.5, 0.6) is 11.5 Å². The van der Waals surface area contributed by atoms with Gasteiger partial charge >= 0.3 is 5.97 Å². The zero-order chi connectivity index (χ0) is 19.4. The van der Waals surface area contributed by atoms with Crippen molar-refractivity contribution < 1.29 is 19.4 Å². The third kappa shape index (κ3) is 4.04. The van der Waals surface area contributed by atoms with Gasteiger partial charge in [0.05, 0.1) is 25.8 Å². The number of nitrogens with zero attached hydrogens (tertiary/aromatic N) is 1. The Labute approximate surface area is 164 Å². The van der Waals surface area contributed by atoms with Crippen molar-refractivity contribution >= 4 is 17.6 Å². The average molecular weight is 390 g/mol. The molecule has 0 spiro atoms. The first-order valence-corrected chi connectivity index (χ1v) is 9.39. The van der Waals surface area contributed by atoms with E-state index in [2.05, 4.69) is 0 Å². The lowest BCUT2D eigenvalue weighted by Gasteiger charge is -2.40. The van der Waals surface area contributed by atoms with Gasteiger partial charge in [-0.05, 0) is 49.2 Å². The Kier molecular flexibility index (Phi) is 6.24. The summed E-state index contributed by atoms with van der Waals surface area (Å²) in [7, 11) is 3.23. The van der Waals surface area contributed by atoms with Crippen molar-refractivity contribution in [3.63, 3.8) is 0 Å². The van der Waals surface area contributed by atoms with E-state index in [1.807, 2.05) is 47.4 Å². The van der Waals surface area contributed by atoms with Crippen molar-refractivity contribution in [2.24, 2.45) is 0 Å². The molecule has 2 atom stereocenters. The Bertz CT molecular complexity index is 771. The van der Waals surface area contributed by atoms with E-state index in [-0.39, 0.29) is 6.04 Å². The molecule has 1 fully saturated rings. The van der Waals surface area contributed by atoms with Crippen LogP contribution in [0.3, 0.4) is 0 Å². The number of carboxylic acids is 1. The number of piperidine rings is 1. The molecule has 2 unspecified atom stereocenters. The number of rotatable bonds is 6. The highest BCUT2D eigenvalue weighted by atomic mass is 35.5. The monoisotopic (exact) mass is 389 g/mol. The van der Waals surface area contributed by atoms with Crippen LogP contribution >= 0.6 is 11.6 Å². The SMILES string of the molecule is COc1cccc(OC)c1C(c1ccc(Cl)cc1)N1CCCCC1C(=O)O. The molecule has 0 aromatic heterocycles. The van der Waals surface area contributed by atoms with Gasteiger partial charge in [0.2, 0.25) is 0 Å². The third-order valence-electron chi connectivity index (χ3n) is 5.09. The van der Waals surface area contributed by atoms with Crippen LogP contribution in [0.1, 0.15) is 36.4 Å². The Hall–Kier alpha value is -2.24. The van der Waals surface area contributed by atoms with E-state index in [4.69, 9.17) is 21.1 Å². The van der Waals surface area contributed by atoms with Crippen molar-refractivity contribution in [2.45, 2.75) is 31.3 Å². The Balaban J connectivity index is 2.19. The average Bonchev–Trinajstić information content (AvgIpc) is 2.70. The highest BCUT2D eigenvalue weighted by molar-refractivity contribution is 6.30. The first-order valence-electron chi connectivity index (χ1n) is 9.01. The summed E-state index contributed by atoms with van der Waals surface area (Å²) in [5.41, 5.74) is 1.79. The van der Waals surface area contributed by atoms with Gasteiger partial charge in [0, 0.05) is 5.02 Å². The summed E-state index contributed by atoms with van der Waals surface area (Å²) < 4.78 is 11.2. The molecule has 5 nitrogen and oxygen atoms in total. The van der Waals surface area contributed by atoms with Crippen LogP contribution < -0.4 is 9.47 Å². The number of hydrogen-bond acceptors (Lipinski definition) is 4. The van der Waals surface area contributed by atoms with Crippen molar-refractivity contribution in [3.05, 3.63) is 58.6 Å². The number of carbonyl (C=O) groups is 1. The molecule has 6 heteroatoms. The van der Waals surface area contributed by atoms with Gasteiger partial charge < -0.3 is 14.6 Å². The predicted octanol–water partition coefficient (Wildman–Crippen LogP) is 4.39. The molecule has 2 aromatic carbocycles. The fraction of sp³-hybridized carbons (Fsp3) is 0.381. The van der Waals surface area contributed by atoms with E-state index >= 15 is 0 Å². The first-order chi connectivity index (χ1) is 13.1. The van der Waals surface area contributed by atoms with E-state index in [1.54, 1.807) is 14.2 Å². The van der Waals surface area contributed by atoms with Crippen LogP contribution in [-0.2, 0) is 4.79 Å². The summed E-state index contributed by atoms with van der Waals surface area (Å²) in [5, 5.41) is 10.5. The number of halogens is 1. The maximum absolute atomic E-state index is 12.0. The van der Waals surface area contributed by atoms with Crippen LogP contribution in [0, 0.1) is 0 Å². The Morgan fingerprint density at radius 3 is 2.30 bits per heavy atom. The van der Waals surface area contributed by atoms with Gasteiger partial charge in [0.1, 0.15) is 17.5 Å². The Morgan fingerprint density at radius 1 is 1.11 bits per heavy atom. The van der Waals surface area contributed by atoms with E-state index < -0.39 is 12.0 Å². The lowest BCUT2D eigenvalue weighted by Crippen LogP contribution is -2.47. The summed E-state index contributed by atoms with van der Waals surface area (Å²) in [5.74, 6) is 0.538. The molecule has 144 valence electrons. The Morgan fingerprint density at radius 2 is 1.74 bits per heavy atom. The molecule has 0 bridgehead atoms. The second-order valence-electron chi connectivity index (χ2n) is 6.62. The van der Waals surface area contributed by atoms with E-state index in [9.17, 15) is 9.90 Å². The van der Waals surface area contributed by atoms with Crippen LogP contribution in [0.4, 0.5) is 0 Å². The van der Waals surface area contributed by atoms with Crippen molar-refractivity contribution in [1.29, 1.82) is 0 Å². The molecule has 0 amide bonds. The van der Waals surface area contributed by atoms with Crippen molar-refractivity contribution in [1.82, 2.24) is 4.90 Å². The van der Waals surface area contributed by atoms with Crippen LogP contribution in [0.15, 0.2) is 42.5 Å². The largest absolute Gasteiger partial charge is 0.496 e. The highest BCUT2D eigenvalue weighted by Crippen LogP contribution is 2.43. The molecule has 27 heavy (non-hydrogen) atoms. The summed E-state index contributed by atoms with van der Waals surface area (Å²) in [6, 6.07) is 12.3. The maximum Gasteiger partial charge on any atom is 0.320 e. The molecule has 3 rings (SSSR count). The quantitative estimate of drug-likeness (QED) is 0.794. The van der Waals surface area contributed by atoms with Crippen LogP contribution in [0.2, 0.25) is 5.02 Å². The molecular weight excluding hydrogens is 366 g/mol. The minimum absolute atomic E-state index is 0.310. The molecule has 1 saturated heterocycles. The normalized spacial score (nSPS) is 18.7. The molecular formula is C21H24ClNO4. The summed E-state index contributed by atoms with van der Waals surface area (Å²) >= 11 is 6.09. The lowest BCUT2D eigenvalue weighted by molar-refractivity contribution is -0.145. The smallest absolute Gasteiger partial charge is 0.320 e. The molecule has 1 aliphatic heterocycles. The number of likely N-dealkylation sites (tertiary alicyclic amines) is 1. The predicted molar refractivity (Wildman–Crippen MR) is 105 cm³/mol. The van der Waals surface area contributed by atoms with E-state index in [1.165, 1.54) is 0 Å². The standard InChI is InChI=1S/C21H24ClNO4/c1-26-17-7-5-8-18(27-2)19(17)20(14-9-11-15(22)12-10-14)23-13-4-3-6-16(23)21(24)25/h5,7-12,16,20H,3-4,6,13H2,1-2H3,(H,24,25). The van der Waals surface area contributed by atoms with Crippen molar-refractivity contribution in [3.8, 4) is 11.5 Å².